The summed E-state index contributed by atoms with van der Waals surface area (Å²) in [6.45, 7) is 0.493. The summed E-state index contributed by atoms with van der Waals surface area (Å²) >= 11 is 5.79. The van der Waals surface area contributed by atoms with Crippen LogP contribution in [0.3, 0.4) is 0 Å². The molecule has 0 atom stereocenters. The SMILES string of the molecule is CC(=O)Oc1ccc(-c2ccc(C(=O)OCC(=O)Nc3c(Cl)cccc3C(F)(F)F)cc2)cc1. The number of esters is 2. The molecule has 0 saturated heterocycles. The van der Waals surface area contributed by atoms with E-state index < -0.39 is 41.9 Å². The molecule has 34 heavy (non-hydrogen) atoms. The molecule has 0 saturated carbocycles. The Morgan fingerprint density at radius 3 is 2.06 bits per heavy atom. The van der Waals surface area contributed by atoms with Crippen LogP contribution in [0.1, 0.15) is 22.8 Å². The highest BCUT2D eigenvalue weighted by molar-refractivity contribution is 6.34. The van der Waals surface area contributed by atoms with Gasteiger partial charge in [0.15, 0.2) is 6.61 Å². The first-order chi connectivity index (χ1) is 16.0. The van der Waals surface area contributed by atoms with Crippen LogP contribution < -0.4 is 10.1 Å². The predicted molar refractivity (Wildman–Crippen MR) is 119 cm³/mol. The summed E-state index contributed by atoms with van der Waals surface area (Å²) < 4.78 is 49.2. The molecule has 0 unspecified atom stereocenters. The number of nitrogens with one attached hydrogen (secondary N) is 1. The normalized spacial score (nSPS) is 11.0. The molecule has 10 heteroatoms. The van der Waals surface area contributed by atoms with E-state index in [9.17, 15) is 27.6 Å². The number of ether oxygens (including phenoxy) is 2. The van der Waals surface area contributed by atoms with E-state index >= 15 is 0 Å². The maximum Gasteiger partial charge on any atom is 0.418 e. The molecule has 0 spiro atoms. The van der Waals surface area contributed by atoms with Gasteiger partial charge in [0.2, 0.25) is 0 Å². The molecule has 1 amide bonds. The zero-order chi connectivity index (χ0) is 24.9. The average molecular weight is 492 g/mol. The van der Waals surface area contributed by atoms with Gasteiger partial charge < -0.3 is 14.8 Å². The molecule has 0 aliphatic heterocycles. The minimum Gasteiger partial charge on any atom is -0.452 e. The van der Waals surface area contributed by atoms with Gasteiger partial charge in [0, 0.05) is 6.92 Å². The zero-order valence-corrected chi connectivity index (χ0v) is 18.4. The highest BCUT2D eigenvalue weighted by atomic mass is 35.5. The average Bonchev–Trinajstić information content (AvgIpc) is 2.78. The van der Waals surface area contributed by atoms with E-state index in [0.717, 1.165) is 23.3 Å². The second-order valence-corrected chi connectivity index (χ2v) is 7.39. The third kappa shape index (κ3) is 6.35. The maximum atomic E-state index is 13.1. The van der Waals surface area contributed by atoms with Gasteiger partial charge in [-0.05, 0) is 47.5 Å². The summed E-state index contributed by atoms with van der Waals surface area (Å²) in [6, 6.07) is 16.1. The van der Waals surface area contributed by atoms with Crippen LogP contribution in [0.2, 0.25) is 5.02 Å². The number of carbonyl (C=O) groups excluding carboxylic acids is 3. The summed E-state index contributed by atoms with van der Waals surface area (Å²) in [7, 11) is 0. The number of halogens is 4. The highest BCUT2D eigenvalue weighted by Gasteiger charge is 2.34. The fraction of sp³-hybridized carbons (Fsp3) is 0.125. The number of carbonyl (C=O) groups is 3. The van der Waals surface area contributed by atoms with E-state index in [0.29, 0.717) is 5.75 Å². The number of hydrogen-bond donors (Lipinski definition) is 1. The third-order valence-corrected chi connectivity index (χ3v) is 4.80. The quantitative estimate of drug-likeness (QED) is 0.351. The lowest BCUT2D eigenvalue weighted by Gasteiger charge is -2.15. The van der Waals surface area contributed by atoms with Crippen LogP contribution in [0, 0.1) is 0 Å². The summed E-state index contributed by atoms with van der Waals surface area (Å²) in [5.74, 6) is -1.84. The van der Waals surface area contributed by atoms with E-state index in [4.69, 9.17) is 21.1 Å². The number of hydrogen-bond acceptors (Lipinski definition) is 5. The van der Waals surface area contributed by atoms with Gasteiger partial charge in [0.25, 0.3) is 5.91 Å². The van der Waals surface area contributed by atoms with Crippen molar-refractivity contribution in [2.24, 2.45) is 0 Å². The van der Waals surface area contributed by atoms with Gasteiger partial charge in [-0.1, -0.05) is 41.9 Å². The van der Waals surface area contributed by atoms with Crippen LogP contribution in [0.25, 0.3) is 11.1 Å². The van der Waals surface area contributed by atoms with E-state index in [1.54, 1.807) is 36.4 Å². The maximum absolute atomic E-state index is 13.1. The topological polar surface area (TPSA) is 81.7 Å². The lowest BCUT2D eigenvalue weighted by molar-refractivity contribution is -0.137. The summed E-state index contributed by atoms with van der Waals surface area (Å²) in [6.07, 6.45) is -4.73. The minimum atomic E-state index is -4.73. The number of alkyl halides is 3. The van der Waals surface area contributed by atoms with Gasteiger partial charge in [-0.15, -0.1) is 0 Å². The van der Waals surface area contributed by atoms with Crippen molar-refractivity contribution in [1.82, 2.24) is 0 Å². The van der Waals surface area contributed by atoms with E-state index in [2.05, 4.69) is 0 Å². The molecule has 176 valence electrons. The van der Waals surface area contributed by atoms with Crippen LogP contribution in [-0.2, 0) is 20.5 Å². The first kappa shape index (κ1) is 24.8. The van der Waals surface area contributed by atoms with Crippen LogP contribution in [0.4, 0.5) is 18.9 Å². The Labute approximate surface area is 197 Å². The standard InChI is InChI=1S/C24H17ClF3NO5/c1-14(30)34-18-11-9-16(10-12-18)15-5-7-17(8-6-15)23(32)33-13-21(31)29-22-19(24(26,27)28)3-2-4-20(22)25/h2-12H,13H2,1H3,(H,29,31). The largest absolute Gasteiger partial charge is 0.452 e. The van der Waals surface area contributed by atoms with Crippen molar-refractivity contribution in [1.29, 1.82) is 0 Å². The molecule has 6 nitrogen and oxygen atoms in total. The van der Waals surface area contributed by atoms with E-state index in [1.165, 1.54) is 25.1 Å². The van der Waals surface area contributed by atoms with Gasteiger partial charge in [0.05, 0.1) is 21.8 Å². The molecule has 0 aromatic heterocycles. The Balaban J connectivity index is 1.61. The van der Waals surface area contributed by atoms with Gasteiger partial charge in [-0.25, -0.2) is 4.79 Å². The molecule has 3 aromatic carbocycles. The molecule has 0 bridgehead atoms. The molecule has 1 N–H and O–H groups in total. The number of para-hydroxylation sites is 1. The predicted octanol–water partition coefficient (Wildman–Crippen LogP) is 5.75. The molecule has 0 radical (unpaired) electrons. The number of amides is 1. The Hall–Kier alpha value is -3.85. The molecule has 0 fully saturated rings. The van der Waals surface area contributed by atoms with Crippen molar-refractivity contribution in [3.05, 3.63) is 82.9 Å². The monoisotopic (exact) mass is 491 g/mol. The van der Waals surface area contributed by atoms with Gasteiger partial charge in [0.1, 0.15) is 5.75 Å². The Bertz CT molecular complexity index is 1210. The van der Waals surface area contributed by atoms with Crippen molar-refractivity contribution < 1.29 is 37.0 Å². The second-order valence-electron chi connectivity index (χ2n) is 6.98. The van der Waals surface area contributed by atoms with Crippen molar-refractivity contribution in [3.8, 4) is 16.9 Å². The van der Waals surface area contributed by atoms with E-state index in [-0.39, 0.29) is 10.6 Å². The summed E-state index contributed by atoms with van der Waals surface area (Å²) in [5, 5.41) is 1.74. The van der Waals surface area contributed by atoms with Gasteiger partial charge >= 0.3 is 18.1 Å². The molecule has 0 aliphatic rings. The molecular weight excluding hydrogens is 475 g/mol. The molecule has 0 heterocycles. The number of rotatable bonds is 6. The first-order valence-electron chi connectivity index (χ1n) is 9.76. The Kier molecular flexibility index (Phi) is 7.57. The minimum absolute atomic E-state index is 0.141. The van der Waals surface area contributed by atoms with Crippen molar-refractivity contribution in [2.45, 2.75) is 13.1 Å². The Morgan fingerprint density at radius 1 is 0.912 bits per heavy atom. The molecule has 3 rings (SSSR count). The van der Waals surface area contributed by atoms with Crippen molar-refractivity contribution in [2.75, 3.05) is 11.9 Å². The van der Waals surface area contributed by atoms with E-state index in [1.807, 2.05) is 5.32 Å². The lowest BCUT2D eigenvalue weighted by Crippen LogP contribution is -2.23. The molecular formula is C24H17ClF3NO5. The van der Waals surface area contributed by atoms with Crippen LogP contribution in [0.5, 0.6) is 5.75 Å². The van der Waals surface area contributed by atoms with Crippen LogP contribution >= 0.6 is 11.6 Å². The van der Waals surface area contributed by atoms with Crippen LogP contribution in [-0.4, -0.2) is 24.5 Å². The second kappa shape index (κ2) is 10.4. The zero-order valence-electron chi connectivity index (χ0n) is 17.6. The summed E-state index contributed by atoms with van der Waals surface area (Å²) in [5.41, 5.74) is -0.0165. The fourth-order valence-electron chi connectivity index (χ4n) is 2.96. The lowest BCUT2D eigenvalue weighted by atomic mass is 10.0. The number of benzene rings is 3. The highest BCUT2D eigenvalue weighted by Crippen LogP contribution is 2.38. The van der Waals surface area contributed by atoms with Gasteiger partial charge in [-0.2, -0.15) is 13.2 Å². The summed E-state index contributed by atoms with van der Waals surface area (Å²) in [4.78, 5) is 35.3. The van der Waals surface area contributed by atoms with Crippen molar-refractivity contribution >= 4 is 35.1 Å². The smallest absolute Gasteiger partial charge is 0.418 e. The Morgan fingerprint density at radius 2 is 1.50 bits per heavy atom. The molecule has 3 aromatic rings. The van der Waals surface area contributed by atoms with Crippen LogP contribution in [0.15, 0.2) is 66.7 Å². The first-order valence-corrected chi connectivity index (χ1v) is 10.1. The fourth-order valence-corrected chi connectivity index (χ4v) is 3.18. The third-order valence-electron chi connectivity index (χ3n) is 4.49. The molecule has 0 aliphatic carbocycles. The van der Waals surface area contributed by atoms with Crippen molar-refractivity contribution in [3.63, 3.8) is 0 Å². The number of anilines is 1. The van der Waals surface area contributed by atoms with Gasteiger partial charge in [-0.3, -0.25) is 9.59 Å².